The van der Waals surface area contributed by atoms with Crippen LogP contribution in [0.5, 0.6) is 0 Å². The van der Waals surface area contributed by atoms with E-state index < -0.39 is 10.0 Å². The van der Waals surface area contributed by atoms with Gasteiger partial charge in [0.15, 0.2) is 5.82 Å². The third-order valence-electron chi connectivity index (χ3n) is 3.11. The first-order valence-corrected chi connectivity index (χ1v) is 7.77. The SMILES string of the molecule is Nc1cccnc1NS(=O)(=O)c1cccc2ccccc12. The van der Waals surface area contributed by atoms with Crippen molar-refractivity contribution in [3.8, 4) is 0 Å². The van der Waals surface area contributed by atoms with Crippen LogP contribution in [0, 0.1) is 0 Å². The molecule has 0 unspecified atom stereocenters. The predicted octanol–water partition coefficient (Wildman–Crippen LogP) is 2.62. The summed E-state index contributed by atoms with van der Waals surface area (Å²) < 4.78 is 27.6. The third-order valence-corrected chi connectivity index (χ3v) is 4.51. The molecular formula is C15H13N3O2S. The Morgan fingerprint density at radius 1 is 0.952 bits per heavy atom. The predicted molar refractivity (Wildman–Crippen MR) is 83.4 cm³/mol. The minimum atomic E-state index is -3.75. The number of fused-ring (bicyclic) bond motifs is 1. The van der Waals surface area contributed by atoms with Crippen molar-refractivity contribution < 1.29 is 8.42 Å². The van der Waals surface area contributed by atoms with E-state index in [2.05, 4.69) is 9.71 Å². The highest BCUT2D eigenvalue weighted by atomic mass is 32.2. The summed E-state index contributed by atoms with van der Waals surface area (Å²) in [5.41, 5.74) is 6.01. The lowest BCUT2D eigenvalue weighted by Crippen LogP contribution is -2.15. The highest BCUT2D eigenvalue weighted by Crippen LogP contribution is 2.25. The molecule has 5 nitrogen and oxygen atoms in total. The van der Waals surface area contributed by atoms with Crippen molar-refractivity contribution >= 4 is 32.3 Å². The van der Waals surface area contributed by atoms with Crippen molar-refractivity contribution in [3.05, 3.63) is 60.8 Å². The molecule has 3 N–H and O–H groups in total. The topological polar surface area (TPSA) is 85.1 Å². The van der Waals surface area contributed by atoms with Crippen molar-refractivity contribution in [2.45, 2.75) is 4.90 Å². The average molecular weight is 299 g/mol. The van der Waals surface area contributed by atoms with Gasteiger partial charge in [0.1, 0.15) is 0 Å². The molecule has 0 saturated carbocycles. The van der Waals surface area contributed by atoms with Crippen molar-refractivity contribution in [2.24, 2.45) is 0 Å². The number of hydrogen-bond acceptors (Lipinski definition) is 4. The largest absolute Gasteiger partial charge is 0.396 e. The molecule has 2 aromatic carbocycles. The van der Waals surface area contributed by atoms with E-state index in [9.17, 15) is 8.42 Å². The summed E-state index contributed by atoms with van der Waals surface area (Å²) in [6, 6.07) is 15.7. The molecule has 1 aromatic heterocycles. The van der Waals surface area contributed by atoms with Crippen LogP contribution in [0.2, 0.25) is 0 Å². The molecular weight excluding hydrogens is 286 g/mol. The zero-order chi connectivity index (χ0) is 14.9. The number of nitrogens with one attached hydrogen (secondary N) is 1. The van der Waals surface area contributed by atoms with Crippen molar-refractivity contribution in [1.29, 1.82) is 0 Å². The Morgan fingerprint density at radius 2 is 1.71 bits per heavy atom. The Kier molecular flexibility index (Phi) is 3.23. The second kappa shape index (κ2) is 5.06. The van der Waals surface area contributed by atoms with E-state index in [-0.39, 0.29) is 16.4 Å². The van der Waals surface area contributed by atoms with Gasteiger partial charge >= 0.3 is 0 Å². The highest BCUT2D eigenvalue weighted by molar-refractivity contribution is 7.93. The van der Waals surface area contributed by atoms with E-state index in [1.807, 2.05) is 18.2 Å². The minimum Gasteiger partial charge on any atom is -0.396 e. The van der Waals surface area contributed by atoms with Crippen molar-refractivity contribution in [1.82, 2.24) is 4.98 Å². The normalized spacial score (nSPS) is 11.4. The molecule has 21 heavy (non-hydrogen) atoms. The zero-order valence-electron chi connectivity index (χ0n) is 11.0. The van der Waals surface area contributed by atoms with Crippen LogP contribution in [0.1, 0.15) is 0 Å². The summed E-state index contributed by atoms with van der Waals surface area (Å²) in [6.45, 7) is 0. The van der Waals surface area contributed by atoms with Gasteiger partial charge in [0.25, 0.3) is 10.0 Å². The molecule has 0 radical (unpaired) electrons. The van der Waals surface area contributed by atoms with Crippen LogP contribution < -0.4 is 10.5 Å². The quantitative estimate of drug-likeness (QED) is 0.778. The molecule has 0 aliphatic carbocycles. The molecule has 0 aliphatic heterocycles. The number of pyridine rings is 1. The fourth-order valence-corrected chi connectivity index (χ4v) is 3.38. The number of sulfonamides is 1. The molecule has 0 fully saturated rings. The molecule has 106 valence electrons. The maximum Gasteiger partial charge on any atom is 0.263 e. The monoisotopic (exact) mass is 299 g/mol. The van der Waals surface area contributed by atoms with Crippen LogP contribution in [0.4, 0.5) is 11.5 Å². The van der Waals surface area contributed by atoms with Crippen molar-refractivity contribution in [2.75, 3.05) is 10.5 Å². The van der Waals surface area contributed by atoms with Gasteiger partial charge in [-0.15, -0.1) is 0 Å². The second-order valence-corrected chi connectivity index (χ2v) is 6.17. The smallest absolute Gasteiger partial charge is 0.263 e. The summed E-state index contributed by atoms with van der Waals surface area (Å²) in [4.78, 5) is 4.15. The van der Waals surface area contributed by atoms with Gasteiger partial charge < -0.3 is 5.73 Å². The van der Waals surface area contributed by atoms with E-state index in [1.165, 1.54) is 6.20 Å². The van der Waals surface area contributed by atoms with Gasteiger partial charge in [-0.3, -0.25) is 4.72 Å². The number of anilines is 2. The van der Waals surface area contributed by atoms with Crippen LogP contribution in [-0.2, 0) is 10.0 Å². The molecule has 1 heterocycles. The van der Waals surface area contributed by atoms with Crippen LogP contribution in [-0.4, -0.2) is 13.4 Å². The lowest BCUT2D eigenvalue weighted by molar-refractivity contribution is 0.602. The molecule has 0 aliphatic rings. The van der Waals surface area contributed by atoms with E-state index in [0.717, 1.165) is 5.39 Å². The van der Waals surface area contributed by atoms with Gasteiger partial charge in [0.2, 0.25) is 0 Å². The van der Waals surface area contributed by atoms with E-state index in [4.69, 9.17) is 5.73 Å². The summed E-state index contributed by atoms with van der Waals surface area (Å²) >= 11 is 0. The fraction of sp³-hybridized carbons (Fsp3) is 0. The first-order chi connectivity index (χ1) is 10.1. The van der Waals surface area contributed by atoms with E-state index in [0.29, 0.717) is 5.39 Å². The average Bonchev–Trinajstić information content (AvgIpc) is 2.49. The molecule has 0 amide bonds. The van der Waals surface area contributed by atoms with Crippen LogP contribution in [0.15, 0.2) is 65.7 Å². The van der Waals surface area contributed by atoms with Gasteiger partial charge in [-0.25, -0.2) is 13.4 Å². The summed E-state index contributed by atoms with van der Waals surface area (Å²) in [7, 11) is -3.75. The standard InChI is InChI=1S/C15H13N3O2S/c16-13-8-4-10-17-15(13)18-21(19,20)14-9-3-6-11-5-1-2-7-12(11)14/h1-10H,16H2,(H,17,18). The summed E-state index contributed by atoms with van der Waals surface area (Å²) in [5, 5.41) is 1.51. The van der Waals surface area contributed by atoms with Gasteiger partial charge in [-0.2, -0.15) is 0 Å². The Morgan fingerprint density at radius 3 is 2.52 bits per heavy atom. The van der Waals surface area contributed by atoms with Crippen LogP contribution >= 0.6 is 0 Å². The first kappa shape index (κ1) is 13.4. The number of nitrogen functional groups attached to an aromatic ring is 1. The fourth-order valence-electron chi connectivity index (χ4n) is 2.12. The highest BCUT2D eigenvalue weighted by Gasteiger charge is 2.18. The molecule has 0 atom stereocenters. The molecule has 6 heteroatoms. The van der Waals surface area contributed by atoms with E-state index >= 15 is 0 Å². The molecule has 3 rings (SSSR count). The summed E-state index contributed by atoms with van der Waals surface area (Å²) in [5.74, 6) is 0.130. The van der Waals surface area contributed by atoms with Gasteiger partial charge in [-0.05, 0) is 23.6 Å². The number of rotatable bonds is 3. The number of aromatic nitrogens is 1. The summed E-state index contributed by atoms with van der Waals surface area (Å²) in [6.07, 6.45) is 1.48. The van der Waals surface area contributed by atoms with Crippen molar-refractivity contribution in [3.63, 3.8) is 0 Å². The van der Waals surface area contributed by atoms with E-state index in [1.54, 1.807) is 36.4 Å². The Hall–Kier alpha value is -2.60. The maximum atomic E-state index is 12.6. The number of nitrogens with zero attached hydrogens (tertiary/aromatic N) is 1. The maximum absolute atomic E-state index is 12.6. The minimum absolute atomic E-state index is 0.130. The van der Waals surface area contributed by atoms with Crippen LogP contribution in [0.3, 0.4) is 0 Å². The molecule has 0 spiro atoms. The third kappa shape index (κ3) is 2.53. The number of benzene rings is 2. The molecule has 0 saturated heterocycles. The second-order valence-electron chi connectivity index (χ2n) is 4.52. The van der Waals surface area contributed by atoms with Gasteiger partial charge in [-0.1, -0.05) is 36.4 Å². The number of hydrogen-bond donors (Lipinski definition) is 2. The van der Waals surface area contributed by atoms with Crippen LogP contribution in [0.25, 0.3) is 10.8 Å². The Balaban J connectivity index is 2.11. The lowest BCUT2D eigenvalue weighted by Gasteiger charge is -2.11. The number of nitrogens with two attached hydrogens (primary N) is 1. The molecule has 3 aromatic rings. The van der Waals surface area contributed by atoms with Gasteiger partial charge in [0, 0.05) is 11.6 Å². The zero-order valence-corrected chi connectivity index (χ0v) is 11.8. The Bertz CT molecular complexity index is 902. The van der Waals surface area contributed by atoms with Gasteiger partial charge in [0.05, 0.1) is 10.6 Å². The lowest BCUT2D eigenvalue weighted by atomic mass is 10.1. The Labute approximate surface area is 122 Å². The first-order valence-electron chi connectivity index (χ1n) is 6.29. The molecule has 0 bridgehead atoms.